The van der Waals surface area contributed by atoms with E-state index in [0.29, 0.717) is 27.2 Å². The predicted molar refractivity (Wildman–Crippen MR) is 132 cm³/mol. The van der Waals surface area contributed by atoms with Gasteiger partial charge in [0.2, 0.25) is 5.90 Å². The van der Waals surface area contributed by atoms with Crippen molar-refractivity contribution in [2.45, 2.75) is 13.8 Å². The number of aliphatic imine (C=N–C) groups is 1. The topological polar surface area (TPSA) is 83.4 Å². The first-order valence-electron chi connectivity index (χ1n) is 9.27. The summed E-state index contributed by atoms with van der Waals surface area (Å²) in [7, 11) is 1.29. The molecule has 1 aliphatic rings. The summed E-state index contributed by atoms with van der Waals surface area (Å²) in [4.78, 5) is 28.2. The first-order chi connectivity index (χ1) is 14.8. The van der Waals surface area contributed by atoms with Crippen LogP contribution in [0.15, 0.2) is 41.0 Å². The standard InChI is InChI=1S/C22H19I2NO6/c1-4-29-18-9-13(7-16(24)20(18)30-11-19(26)28-3)8-17-22(27)31-21(25-17)14-6-5-12(2)15(23)10-14/h5-10H,4,11H2,1-3H3. The minimum Gasteiger partial charge on any atom is -0.490 e. The van der Waals surface area contributed by atoms with E-state index in [-0.39, 0.29) is 18.2 Å². The first-order valence-corrected chi connectivity index (χ1v) is 11.4. The van der Waals surface area contributed by atoms with Crippen LogP contribution < -0.4 is 9.47 Å². The largest absolute Gasteiger partial charge is 0.490 e. The minimum absolute atomic E-state index is 0.187. The highest BCUT2D eigenvalue weighted by Crippen LogP contribution is 2.35. The van der Waals surface area contributed by atoms with E-state index in [2.05, 4.69) is 54.9 Å². The molecule has 7 nitrogen and oxygen atoms in total. The highest BCUT2D eigenvalue weighted by atomic mass is 127. The lowest BCUT2D eigenvalue weighted by molar-refractivity contribution is -0.143. The third-order valence-electron chi connectivity index (χ3n) is 4.24. The fraction of sp³-hybridized carbons (Fsp3) is 0.227. The average molecular weight is 647 g/mol. The van der Waals surface area contributed by atoms with Gasteiger partial charge in [0.05, 0.1) is 17.3 Å². The fourth-order valence-corrected chi connectivity index (χ4v) is 3.98. The third-order valence-corrected chi connectivity index (χ3v) is 6.20. The van der Waals surface area contributed by atoms with Crippen LogP contribution in [0.25, 0.3) is 6.08 Å². The highest BCUT2D eigenvalue weighted by molar-refractivity contribution is 14.1. The van der Waals surface area contributed by atoms with Crippen LogP contribution in [0, 0.1) is 14.1 Å². The molecule has 0 aromatic heterocycles. The Labute approximate surface area is 207 Å². The van der Waals surface area contributed by atoms with Gasteiger partial charge in [-0.25, -0.2) is 14.6 Å². The molecule has 0 atom stereocenters. The number of hydrogen-bond donors (Lipinski definition) is 0. The van der Waals surface area contributed by atoms with Gasteiger partial charge in [0.1, 0.15) is 0 Å². The van der Waals surface area contributed by atoms with Crippen LogP contribution in [-0.4, -0.2) is 38.2 Å². The molecule has 0 fully saturated rings. The van der Waals surface area contributed by atoms with Gasteiger partial charge in [0.25, 0.3) is 0 Å². The molecule has 0 saturated heterocycles. The molecule has 31 heavy (non-hydrogen) atoms. The van der Waals surface area contributed by atoms with Gasteiger partial charge in [-0.05, 0) is 100 Å². The van der Waals surface area contributed by atoms with Crippen molar-refractivity contribution in [1.82, 2.24) is 0 Å². The molecular formula is C22H19I2NO6. The van der Waals surface area contributed by atoms with Crippen molar-refractivity contribution >= 4 is 69.1 Å². The number of ether oxygens (including phenoxy) is 4. The summed E-state index contributed by atoms with van der Waals surface area (Å²) in [5.41, 5.74) is 2.75. The second-order valence-corrected chi connectivity index (χ2v) is 8.75. The number of carbonyl (C=O) groups is 2. The van der Waals surface area contributed by atoms with Crippen LogP contribution in [0.5, 0.6) is 11.5 Å². The van der Waals surface area contributed by atoms with Gasteiger partial charge in [0, 0.05) is 9.13 Å². The van der Waals surface area contributed by atoms with Crippen LogP contribution in [0.4, 0.5) is 0 Å². The Bertz CT molecular complexity index is 1090. The van der Waals surface area contributed by atoms with Crippen molar-refractivity contribution < 1.29 is 28.5 Å². The number of aryl methyl sites for hydroxylation is 1. The molecule has 2 aromatic carbocycles. The minimum atomic E-state index is -0.524. The predicted octanol–water partition coefficient (Wildman–Crippen LogP) is 4.50. The zero-order valence-electron chi connectivity index (χ0n) is 17.0. The molecule has 0 aliphatic carbocycles. The molecule has 0 unspecified atom stereocenters. The van der Waals surface area contributed by atoms with E-state index < -0.39 is 11.9 Å². The monoisotopic (exact) mass is 647 g/mol. The summed E-state index contributed by atoms with van der Waals surface area (Å²) in [5, 5.41) is 0. The van der Waals surface area contributed by atoms with E-state index in [1.165, 1.54) is 7.11 Å². The van der Waals surface area contributed by atoms with E-state index in [4.69, 9.17) is 14.2 Å². The summed E-state index contributed by atoms with van der Waals surface area (Å²) in [6.07, 6.45) is 1.63. The summed E-state index contributed by atoms with van der Waals surface area (Å²) in [6.45, 7) is 4.02. The Morgan fingerprint density at radius 2 is 1.94 bits per heavy atom. The molecule has 1 heterocycles. The molecule has 1 aliphatic heterocycles. The van der Waals surface area contributed by atoms with Crippen molar-refractivity contribution in [3.05, 3.63) is 59.9 Å². The molecule has 3 rings (SSSR count). The fourth-order valence-electron chi connectivity index (χ4n) is 2.68. The Morgan fingerprint density at radius 3 is 2.61 bits per heavy atom. The van der Waals surface area contributed by atoms with Crippen molar-refractivity contribution in [2.24, 2.45) is 4.99 Å². The summed E-state index contributed by atoms with van der Waals surface area (Å²) in [5.74, 6) is 0.138. The van der Waals surface area contributed by atoms with Crippen molar-refractivity contribution in [3.8, 4) is 11.5 Å². The van der Waals surface area contributed by atoms with Gasteiger partial charge >= 0.3 is 11.9 Å². The van der Waals surface area contributed by atoms with E-state index in [9.17, 15) is 9.59 Å². The normalized spacial score (nSPS) is 14.3. The molecule has 0 spiro atoms. The maximum Gasteiger partial charge on any atom is 0.363 e. The van der Waals surface area contributed by atoms with Gasteiger partial charge < -0.3 is 18.9 Å². The van der Waals surface area contributed by atoms with Crippen LogP contribution in [-0.2, 0) is 19.1 Å². The molecule has 0 radical (unpaired) electrons. The van der Waals surface area contributed by atoms with E-state index in [0.717, 1.165) is 14.7 Å². The Morgan fingerprint density at radius 1 is 1.16 bits per heavy atom. The number of carbonyl (C=O) groups excluding carboxylic acids is 2. The number of halogens is 2. The van der Waals surface area contributed by atoms with Crippen molar-refractivity contribution in [1.29, 1.82) is 0 Å². The Kier molecular flexibility index (Phi) is 7.92. The van der Waals surface area contributed by atoms with Crippen LogP contribution >= 0.6 is 45.2 Å². The molecule has 0 amide bonds. The third kappa shape index (κ3) is 5.76. The number of cyclic esters (lactones) is 1. The number of nitrogens with zero attached hydrogens (tertiary/aromatic N) is 1. The number of hydrogen-bond acceptors (Lipinski definition) is 7. The average Bonchev–Trinajstić information content (AvgIpc) is 3.09. The van der Waals surface area contributed by atoms with Crippen molar-refractivity contribution in [3.63, 3.8) is 0 Å². The summed E-state index contributed by atoms with van der Waals surface area (Å²) in [6, 6.07) is 9.28. The molecular weight excluding hydrogens is 628 g/mol. The zero-order chi connectivity index (χ0) is 22.5. The van der Waals surface area contributed by atoms with Gasteiger partial charge in [-0.15, -0.1) is 0 Å². The second kappa shape index (κ2) is 10.4. The van der Waals surface area contributed by atoms with Crippen LogP contribution in [0.1, 0.15) is 23.6 Å². The molecule has 2 aromatic rings. The van der Waals surface area contributed by atoms with E-state index in [1.54, 1.807) is 18.2 Å². The molecule has 0 saturated carbocycles. The SMILES string of the molecule is CCOc1cc(C=C2N=C(c3ccc(C)c(I)c3)OC2=O)cc(I)c1OCC(=O)OC. The maximum absolute atomic E-state index is 12.4. The number of methoxy groups -OCH3 is 1. The van der Waals surface area contributed by atoms with Crippen LogP contribution in [0.3, 0.4) is 0 Å². The van der Waals surface area contributed by atoms with Gasteiger partial charge in [-0.1, -0.05) is 6.07 Å². The molecule has 9 heteroatoms. The Balaban J connectivity index is 1.92. The second-order valence-electron chi connectivity index (χ2n) is 6.43. The molecule has 162 valence electrons. The lowest BCUT2D eigenvalue weighted by atomic mass is 10.1. The van der Waals surface area contributed by atoms with E-state index in [1.807, 2.05) is 32.0 Å². The highest BCUT2D eigenvalue weighted by Gasteiger charge is 2.25. The maximum atomic E-state index is 12.4. The van der Waals surface area contributed by atoms with E-state index >= 15 is 0 Å². The number of benzene rings is 2. The number of rotatable bonds is 7. The zero-order valence-corrected chi connectivity index (χ0v) is 21.3. The lowest BCUT2D eigenvalue weighted by Gasteiger charge is -2.14. The lowest BCUT2D eigenvalue weighted by Crippen LogP contribution is -2.14. The molecule has 0 bridgehead atoms. The smallest absolute Gasteiger partial charge is 0.363 e. The summed E-state index contributed by atoms with van der Waals surface area (Å²) >= 11 is 4.31. The van der Waals surface area contributed by atoms with Gasteiger partial charge in [-0.3, -0.25) is 0 Å². The molecule has 0 N–H and O–H groups in total. The Hall–Kier alpha value is -2.15. The first kappa shape index (κ1) is 23.5. The van der Waals surface area contributed by atoms with Gasteiger partial charge in [-0.2, -0.15) is 0 Å². The van der Waals surface area contributed by atoms with Crippen molar-refractivity contribution in [2.75, 3.05) is 20.3 Å². The summed E-state index contributed by atoms with van der Waals surface area (Å²) < 4.78 is 23.0. The quantitative estimate of drug-likeness (QED) is 0.250. The van der Waals surface area contributed by atoms with Gasteiger partial charge in [0.15, 0.2) is 23.8 Å². The van der Waals surface area contributed by atoms with Crippen LogP contribution in [0.2, 0.25) is 0 Å². The number of esters is 2.